The van der Waals surface area contributed by atoms with Gasteiger partial charge in [0.05, 0.1) is 25.0 Å². The van der Waals surface area contributed by atoms with Crippen molar-refractivity contribution in [2.24, 2.45) is 0 Å². The van der Waals surface area contributed by atoms with Crippen LogP contribution in [0.15, 0.2) is 48.7 Å². The fraction of sp³-hybridized carbons (Fsp3) is 0.250. The second kappa shape index (κ2) is 8.76. The standard InChI is InChI=1S/C16H19N3O3/c1-21-10-9-17-12-15(20)19-13-7-8-16(18-11-13)22-14-5-3-2-4-6-14/h2-8,11,17H,9-10,12H2,1H3,(H,19,20). The lowest BCUT2D eigenvalue weighted by Crippen LogP contribution is -2.30. The number of carbonyl (C=O) groups is 1. The molecule has 0 fully saturated rings. The SMILES string of the molecule is COCCNCC(=O)Nc1ccc(Oc2ccccc2)nc1. The summed E-state index contributed by atoms with van der Waals surface area (Å²) in [6.45, 7) is 1.43. The number of aromatic nitrogens is 1. The van der Waals surface area contributed by atoms with Crippen LogP contribution in [0.1, 0.15) is 0 Å². The molecule has 0 radical (unpaired) electrons. The molecule has 0 aliphatic rings. The highest BCUT2D eigenvalue weighted by Gasteiger charge is 2.03. The number of carbonyl (C=O) groups excluding carboxylic acids is 1. The van der Waals surface area contributed by atoms with Gasteiger partial charge in [-0.3, -0.25) is 4.79 Å². The van der Waals surface area contributed by atoms with Crippen molar-refractivity contribution in [3.05, 3.63) is 48.7 Å². The molecule has 0 aliphatic heterocycles. The summed E-state index contributed by atoms with van der Waals surface area (Å²) in [6, 6.07) is 12.9. The van der Waals surface area contributed by atoms with Gasteiger partial charge in [0.1, 0.15) is 5.75 Å². The van der Waals surface area contributed by atoms with Crippen LogP contribution in [0.25, 0.3) is 0 Å². The average Bonchev–Trinajstić information content (AvgIpc) is 2.54. The summed E-state index contributed by atoms with van der Waals surface area (Å²) in [4.78, 5) is 15.8. The number of nitrogens with one attached hydrogen (secondary N) is 2. The van der Waals surface area contributed by atoms with Crippen LogP contribution in [-0.4, -0.2) is 37.7 Å². The molecule has 0 spiro atoms. The van der Waals surface area contributed by atoms with E-state index in [0.717, 1.165) is 0 Å². The van der Waals surface area contributed by atoms with Crippen LogP contribution in [-0.2, 0) is 9.53 Å². The van der Waals surface area contributed by atoms with Crippen LogP contribution < -0.4 is 15.4 Å². The van der Waals surface area contributed by atoms with E-state index in [0.29, 0.717) is 30.5 Å². The molecule has 2 N–H and O–H groups in total. The normalized spacial score (nSPS) is 10.2. The Bertz CT molecular complexity index is 573. The molecule has 0 atom stereocenters. The number of ether oxygens (including phenoxy) is 2. The Balaban J connectivity index is 1.80. The third-order valence-corrected chi connectivity index (χ3v) is 2.75. The Morgan fingerprint density at radius 2 is 2.00 bits per heavy atom. The molecule has 0 saturated carbocycles. The fourth-order valence-corrected chi connectivity index (χ4v) is 1.71. The van der Waals surface area contributed by atoms with E-state index in [4.69, 9.17) is 9.47 Å². The number of methoxy groups -OCH3 is 1. The molecule has 0 unspecified atom stereocenters. The van der Waals surface area contributed by atoms with E-state index in [1.807, 2.05) is 30.3 Å². The van der Waals surface area contributed by atoms with Crippen LogP contribution in [0.2, 0.25) is 0 Å². The lowest BCUT2D eigenvalue weighted by atomic mass is 10.3. The minimum atomic E-state index is -0.130. The third kappa shape index (κ3) is 5.51. The Labute approximate surface area is 129 Å². The summed E-state index contributed by atoms with van der Waals surface area (Å²) >= 11 is 0. The summed E-state index contributed by atoms with van der Waals surface area (Å²) in [7, 11) is 1.62. The molecule has 1 aromatic carbocycles. The molecular formula is C16H19N3O3. The number of hydrogen-bond acceptors (Lipinski definition) is 5. The molecule has 6 nitrogen and oxygen atoms in total. The Hall–Kier alpha value is -2.44. The fourth-order valence-electron chi connectivity index (χ4n) is 1.71. The maximum Gasteiger partial charge on any atom is 0.238 e. The zero-order valence-electron chi connectivity index (χ0n) is 12.4. The Morgan fingerprint density at radius 3 is 2.68 bits per heavy atom. The number of nitrogens with zero attached hydrogens (tertiary/aromatic N) is 1. The lowest BCUT2D eigenvalue weighted by molar-refractivity contribution is -0.115. The number of rotatable bonds is 8. The molecule has 1 amide bonds. The zero-order valence-corrected chi connectivity index (χ0v) is 12.4. The van der Waals surface area contributed by atoms with E-state index < -0.39 is 0 Å². The monoisotopic (exact) mass is 301 g/mol. The zero-order chi connectivity index (χ0) is 15.6. The molecule has 2 rings (SSSR count). The Kier molecular flexibility index (Phi) is 6.35. The Morgan fingerprint density at radius 1 is 1.18 bits per heavy atom. The molecular weight excluding hydrogens is 282 g/mol. The van der Waals surface area contributed by atoms with Gasteiger partial charge in [0, 0.05) is 19.7 Å². The van der Waals surface area contributed by atoms with Gasteiger partial charge >= 0.3 is 0 Å². The van der Waals surface area contributed by atoms with Gasteiger partial charge in [-0.05, 0) is 18.2 Å². The predicted molar refractivity (Wildman–Crippen MR) is 84.1 cm³/mol. The highest BCUT2D eigenvalue weighted by Crippen LogP contribution is 2.19. The number of benzene rings is 1. The van der Waals surface area contributed by atoms with Crippen molar-refractivity contribution >= 4 is 11.6 Å². The van der Waals surface area contributed by atoms with E-state index in [9.17, 15) is 4.79 Å². The summed E-state index contributed by atoms with van der Waals surface area (Å²) in [6.07, 6.45) is 1.56. The van der Waals surface area contributed by atoms with Crippen molar-refractivity contribution in [1.29, 1.82) is 0 Å². The van der Waals surface area contributed by atoms with E-state index in [2.05, 4.69) is 15.6 Å². The van der Waals surface area contributed by atoms with Crippen LogP contribution in [0.5, 0.6) is 11.6 Å². The third-order valence-electron chi connectivity index (χ3n) is 2.75. The summed E-state index contributed by atoms with van der Waals surface area (Å²) in [5.74, 6) is 1.06. The second-order valence-corrected chi connectivity index (χ2v) is 4.52. The first kappa shape index (κ1) is 15.9. The van der Waals surface area contributed by atoms with Crippen molar-refractivity contribution in [2.75, 3.05) is 32.1 Å². The second-order valence-electron chi connectivity index (χ2n) is 4.52. The highest BCUT2D eigenvalue weighted by atomic mass is 16.5. The first-order valence-corrected chi connectivity index (χ1v) is 6.96. The largest absolute Gasteiger partial charge is 0.439 e. The van der Waals surface area contributed by atoms with Gasteiger partial charge < -0.3 is 20.1 Å². The molecule has 0 saturated heterocycles. The van der Waals surface area contributed by atoms with Gasteiger partial charge in [-0.2, -0.15) is 0 Å². The lowest BCUT2D eigenvalue weighted by Gasteiger charge is -2.08. The van der Waals surface area contributed by atoms with Crippen LogP contribution in [0.3, 0.4) is 0 Å². The number of pyridine rings is 1. The number of hydrogen-bond donors (Lipinski definition) is 2. The summed E-state index contributed by atoms with van der Waals surface area (Å²) in [5.41, 5.74) is 0.624. The summed E-state index contributed by atoms with van der Waals surface area (Å²) in [5, 5.41) is 5.72. The quantitative estimate of drug-likeness (QED) is 0.730. The smallest absolute Gasteiger partial charge is 0.238 e. The van der Waals surface area contributed by atoms with Crippen LogP contribution in [0.4, 0.5) is 5.69 Å². The molecule has 1 heterocycles. The number of para-hydroxylation sites is 1. The van der Waals surface area contributed by atoms with Gasteiger partial charge in [0.25, 0.3) is 0 Å². The summed E-state index contributed by atoms with van der Waals surface area (Å²) < 4.78 is 10.5. The van der Waals surface area contributed by atoms with Gasteiger partial charge in [0.15, 0.2) is 0 Å². The molecule has 22 heavy (non-hydrogen) atoms. The number of anilines is 1. The molecule has 6 heteroatoms. The average molecular weight is 301 g/mol. The minimum Gasteiger partial charge on any atom is -0.439 e. The minimum absolute atomic E-state index is 0.130. The van der Waals surface area contributed by atoms with E-state index in [1.165, 1.54) is 0 Å². The molecule has 116 valence electrons. The maximum absolute atomic E-state index is 11.7. The van der Waals surface area contributed by atoms with Crippen molar-refractivity contribution < 1.29 is 14.3 Å². The maximum atomic E-state index is 11.7. The topological polar surface area (TPSA) is 72.5 Å². The highest BCUT2D eigenvalue weighted by molar-refractivity contribution is 5.92. The molecule has 2 aromatic rings. The van der Waals surface area contributed by atoms with E-state index in [-0.39, 0.29) is 12.5 Å². The van der Waals surface area contributed by atoms with Crippen molar-refractivity contribution in [2.45, 2.75) is 0 Å². The molecule has 1 aromatic heterocycles. The molecule has 0 aliphatic carbocycles. The van der Waals surface area contributed by atoms with Gasteiger partial charge in [-0.1, -0.05) is 18.2 Å². The van der Waals surface area contributed by atoms with Crippen LogP contribution in [0, 0.1) is 0 Å². The van der Waals surface area contributed by atoms with Crippen LogP contribution >= 0.6 is 0 Å². The first-order valence-electron chi connectivity index (χ1n) is 6.96. The number of amides is 1. The van der Waals surface area contributed by atoms with Crippen molar-refractivity contribution in [1.82, 2.24) is 10.3 Å². The van der Waals surface area contributed by atoms with Crippen molar-refractivity contribution in [3.8, 4) is 11.6 Å². The van der Waals surface area contributed by atoms with E-state index in [1.54, 1.807) is 25.4 Å². The van der Waals surface area contributed by atoms with E-state index >= 15 is 0 Å². The van der Waals surface area contributed by atoms with Crippen molar-refractivity contribution in [3.63, 3.8) is 0 Å². The van der Waals surface area contributed by atoms with Gasteiger partial charge in [0.2, 0.25) is 11.8 Å². The first-order chi connectivity index (χ1) is 10.8. The van der Waals surface area contributed by atoms with Gasteiger partial charge in [-0.15, -0.1) is 0 Å². The molecule has 0 bridgehead atoms. The van der Waals surface area contributed by atoms with Gasteiger partial charge in [-0.25, -0.2) is 4.98 Å². The predicted octanol–water partition coefficient (Wildman–Crippen LogP) is 2.05.